The molecule has 0 fully saturated rings. The molecule has 0 saturated carbocycles. The lowest BCUT2D eigenvalue weighted by molar-refractivity contribution is -0.134. The molecule has 0 aliphatic rings. The maximum atomic E-state index is 13.4. The maximum absolute atomic E-state index is 13.4. The summed E-state index contributed by atoms with van der Waals surface area (Å²) in [6, 6.07) is 0.436. The number of rotatable bonds is 29. The lowest BCUT2D eigenvalue weighted by atomic mass is 9.98. The van der Waals surface area contributed by atoms with Crippen LogP contribution in [0.25, 0.3) is 0 Å². The van der Waals surface area contributed by atoms with Gasteiger partial charge in [-0.05, 0) is 59.2 Å². The molecule has 0 saturated heterocycles. The zero-order valence-electron chi connectivity index (χ0n) is 26.0. The lowest BCUT2D eigenvalue weighted by Gasteiger charge is -2.33. The van der Waals surface area contributed by atoms with Gasteiger partial charge in [0, 0.05) is 19.0 Å². The summed E-state index contributed by atoms with van der Waals surface area (Å²) in [4.78, 5) is 18.0. The predicted octanol–water partition coefficient (Wildman–Crippen LogP) is 10.3. The fraction of sp³-hybridized carbons (Fsp3) is 0.912. The quantitative estimate of drug-likeness (QED) is 0.0723. The van der Waals surface area contributed by atoms with E-state index in [0.717, 1.165) is 25.9 Å². The van der Waals surface area contributed by atoms with Crippen molar-refractivity contribution >= 4 is 5.91 Å². The molecule has 0 heterocycles. The molecule has 0 bridgehead atoms. The Labute approximate surface area is 234 Å². The van der Waals surface area contributed by atoms with Crippen LogP contribution < -0.4 is 0 Å². The summed E-state index contributed by atoms with van der Waals surface area (Å²) < 4.78 is 0. The number of nitrogens with zero attached hydrogens (tertiary/aromatic N) is 2. The molecule has 0 aromatic heterocycles. The van der Waals surface area contributed by atoms with Gasteiger partial charge in [0.05, 0.1) is 0 Å². The fourth-order valence-electron chi connectivity index (χ4n) is 5.43. The predicted molar refractivity (Wildman–Crippen MR) is 166 cm³/mol. The van der Waals surface area contributed by atoms with Crippen LogP contribution in [0.4, 0.5) is 0 Å². The first-order chi connectivity index (χ1) is 18.1. The van der Waals surface area contributed by atoms with Gasteiger partial charge in [-0.3, -0.25) is 4.79 Å². The van der Waals surface area contributed by atoms with E-state index in [2.05, 4.69) is 44.3 Å². The minimum Gasteiger partial charge on any atom is -0.340 e. The summed E-state index contributed by atoms with van der Waals surface area (Å²) in [5, 5.41) is 0. The van der Waals surface area contributed by atoms with Gasteiger partial charge in [-0.25, -0.2) is 0 Å². The molecule has 1 atom stereocenters. The average Bonchev–Trinajstić information content (AvgIpc) is 2.88. The molecule has 0 radical (unpaired) electrons. The number of allylic oxidation sites excluding steroid dienone is 1. The maximum Gasteiger partial charge on any atom is 0.222 e. The van der Waals surface area contributed by atoms with E-state index in [9.17, 15) is 4.79 Å². The Bertz CT molecular complexity index is 490. The van der Waals surface area contributed by atoms with Crippen LogP contribution in [0.5, 0.6) is 0 Å². The van der Waals surface area contributed by atoms with Gasteiger partial charge in [0.25, 0.3) is 0 Å². The van der Waals surface area contributed by atoms with E-state index in [4.69, 9.17) is 0 Å². The number of carbonyl (C=O) groups is 1. The molecule has 0 aliphatic heterocycles. The van der Waals surface area contributed by atoms with Crippen molar-refractivity contribution in [2.45, 2.75) is 174 Å². The molecule has 220 valence electrons. The van der Waals surface area contributed by atoms with Crippen LogP contribution in [0.3, 0.4) is 0 Å². The zero-order valence-corrected chi connectivity index (χ0v) is 26.0. The van der Waals surface area contributed by atoms with E-state index in [-0.39, 0.29) is 0 Å². The van der Waals surface area contributed by atoms with Gasteiger partial charge in [0.1, 0.15) is 0 Å². The van der Waals surface area contributed by atoms with Gasteiger partial charge < -0.3 is 9.80 Å². The summed E-state index contributed by atoms with van der Waals surface area (Å²) in [6.07, 6.45) is 32.5. The minimum atomic E-state index is 0.412. The van der Waals surface area contributed by atoms with Gasteiger partial charge in [-0.1, -0.05) is 129 Å². The Morgan fingerprint density at radius 1 is 0.622 bits per heavy atom. The summed E-state index contributed by atoms with van der Waals surface area (Å²) in [5.41, 5.74) is 0. The third kappa shape index (κ3) is 24.0. The van der Waals surface area contributed by atoms with Crippen LogP contribution in [0.15, 0.2) is 12.7 Å². The van der Waals surface area contributed by atoms with Gasteiger partial charge >= 0.3 is 0 Å². The largest absolute Gasteiger partial charge is 0.340 e. The van der Waals surface area contributed by atoms with Crippen LogP contribution in [-0.4, -0.2) is 48.9 Å². The van der Waals surface area contributed by atoms with Gasteiger partial charge in [-0.15, -0.1) is 6.58 Å². The van der Waals surface area contributed by atoms with Crippen molar-refractivity contribution < 1.29 is 4.79 Å². The van der Waals surface area contributed by atoms with E-state index < -0.39 is 0 Å². The molecule has 1 amide bonds. The molecule has 37 heavy (non-hydrogen) atoms. The first-order valence-corrected chi connectivity index (χ1v) is 16.6. The lowest BCUT2D eigenvalue weighted by Crippen LogP contribution is -2.41. The molecule has 3 nitrogen and oxygen atoms in total. The average molecular weight is 521 g/mol. The van der Waals surface area contributed by atoms with Crippen molar-refractivity contribution in [3.63, 3.8) is 0 Å². The molecule has 0 rings (SSSR count). The van der Waals surface area contributed by atoms with Gasteiger partial charge in [0.2, 0.25) is 5.91 Å². The second kappa shape index (κ2) is 28.2. The van der Waals surface area contributed by atoms with E-state index in [1.807, 2.05) is 6.08 Å². The number of hydrogen-bond donors (Lipinski definition) is 0. The SMILES string of the molecule is C=CCCCCC(CCCCCCCCCC)N(CCCCCCCCCCC)C(=O)CCCN(C)C. The highest BCUT2D eigenvalue weighted by Gasteiger charge is 2.22. The summed E-state index contributed by atoms with van der Waals surface area (Å²) >= 11 is 0. The van der Waals surface area contributed by atoms with Crippen LogP contribution in [0, 0.1) is 0 Å². The Balaban J connectivity index is 4.79. The van der Waals surface area contributed by atoms with Crippen molar-refractivity contribution in [3.8, 4) is 0 Å². The van der Waals surface area contributed by atoms with E-state index in [0.29, 0.717) is 18.4 Å². The number of hydrogen-bond acceptors (Lipinski definition) is 2. The monoisotopic (exact) mass is 521 g/mol. The summed E-state index contributed by atoms with van der Waals surface area (Å²) in [7, 11) is 4.21. The molecule has 0 N–H and O–H groups in total. The molecule has 0 aromatic rings. The van der Waals surface area contributed by atoms with E-state index in [1.54, 1.807) is 0 Å². The van der Waals surface area contributed by atoms with Crippen LogP contribution in [-0.2, 0) is 4.79 Å². The fourth-order valence-corrected chi connectivity index (χ4v) is 5.43. The highest BCUT2D eigenvalue weighted by atomic mass is 16.2. The molecule has 3 heteroatoms. The first-order valence-electron chi connectivity index (χ1n) is 16.6. The third-order valence-corrected chi connectivity index (χ3v) is 7.85. The molecule has 0 aliphatic carbocycles. The third-order valence-electron chi connectivity index (χ3n) is 7.85. The first kappa shape index (κ1) is 36.2. The van der Waals surface area contributed by atoms with Crippen molar-refractivity contribution in [1.29, 1.82) is 0 Å². The molecule has 1 unspecified atom stereocenters. The smallest absolute Gasteiger partial charge is 0.222 e. The number of amides is 1. The van der Waals surface area contributed by atoms with Gasteiger partial charge in [0.15, 0.2) is 0 Å². The summed E-state index contributed by atoms with van der Waals surface area (Å²) in [5.74, 6) is 0.412. The topological polar surface area (TPSA) is 23.6 Å². The second-order valence-corrected chi connectivity index (χ2v) is 11.8. The normalized spacial score (nSPS) is 12.2. The Morgan fingerprint density at radius 3 is 1.57 bits per heavy atom. The van der Waals surface area contributed by atoms with Crippen LogP contribution >= 0.6 is 0 Å². The molecule has 0 spiro atoms. The van der Waals surface area contributed by atoms with Crippen molar-refractivity contribution in [2.75, 3.05) is 27.2 Å². The van der Waals surface area contributed by atoms with Crippen molar-refractivity contribution in [3.05, 3.63) is 12.7 Å². The van der Waals surface area contributed by atoms with Crippen LogP contribution in [0.1, 0.15) is 168 Å². The molecular weight excluding hydrogens is 452 g/mol. The highest BCUT2D eigenvalue weighted by Crippen LogP contribution is 2.21. The zero-order chi connectivity index (χ0) is 27.4. The minimum absolute atomic E-state index is 0.412. The Hall–Kier alpha value is -0.830. The molecular formula is C34H68N2O. The molecule has 0 aromatic carbocycles. The standard InChI is InChI=1S/C34H68N2O/c1-6-9-12-15-17-19-21-23-26-32-36(34(37)30-27-31-35(4)5)33(28-24-14-11-8-3)29-25-22-20-18-16-13-10-7-2/h8,33H,3,6-7,9-32H2,1-2,4-5H3. The Kier molecular flexibility index (Phi) is 27.6. The van der Waals surface area contributed by atoms with Gasteiger partial charge in [-0.2, -0.15) is 0 Å². The highest BCUT2D eigenvalue weighted by molar-refractivity contribution is 5.76. The van der Waals surface area contributed by atoms with Crippen molar-refractivity contribution in [2.24, 2.45) is 0 Å². The van der Waals surface area contributed by atoms with E-state index >= 15 is 0 Å². The van der Waals surface area contributed by atoms with Crippen LogP contribution in [0.2, 0.25) is 0 Å². The van der Waals surface area contributed by atoms with E-state index in [1.165, 1.54) is 135 Å². The second-order valence-electron chi connectivity index (χ2n) is 11.8. The number of unbranched alkanes of at least 4 members (excludes halogenated alkanes) is 17. The van der Waals surface area contributed by atoms with Crippen molar-refractivity contribution in [1.82, 2.24) is 9.80 Å². The number of carbonyl (C=O) groups excluding carboxylic acids is 1. The summed E-state index contributed by atoms with van der Waals surface area (Å²) in [6.45, 7) is 10.4. The Morgan fingerprint density at radius 2 is 1.08 bits per heavy atom.